The predicted molar refractivity (Wildman–Crippen MR) is 60.1 cm³/mol. The fourth-order valence-electron chi connectivity index (χ4n) is 1.78. The molecule has 0 fully saturated rings. The van der Waals surface area contributed by atoms with Crippen molar-refractivity contribution in [3.05, 3.63) is 29.8 Å². The molecule has 2 nitrogen and oxygen atoms in total. The van der Waals surface area contributed by atoms with Crippen LogP contribution in [0, 0.1) is 5.82 Å². The zero-order valence-corrected chi connectivity index (χ0v) is 9.59. The number of rotatable bonds is 4. The molecule has 0 saturated heterocycles. The molecule has 0 aliphatic rings. The van der Waals surface area contributed by atoms with E-state index < -0.39 is 18.8 Å². The Hall–Kier alpha value is -1.23. The van der Waals surface area contributed by atoms with Gasteiger partial charge in [0.15, 0.2) is 5.82 Å². The zero-order valence-electron chi connectivity index (χ0n) is 8.84. The number of nitrogens with zero attached hydrogens (tertiary/aromatic N) is 2. The Morgan fingerprint density at radius 3 is 2.76 bits per heavy atom. The number of para-hydroxylation sites is 1. The van der Waals surface area contributed by atoms with E-state index in [0.717, 1.165) is 0 Å². The predicted octanol–water partition coefficient (Wildman–Crippen LogP) is 3.22. The highest BCUT2D eigenvalue weighted by Crippen LogP contribution is 2.20. The lowest BCUT2D eigenvalue weighted by Crippen LogP contribution is -2.10. The van der Waals surface area contributed by atoms with E-state index in [4.69, 9.17) is 11.6 Å². The Bertz CT molecular complexity index is 525. The highest BCUT2D eigenvalue weighted by atomic mass is 35.5. The molecule has 1 aromatic heterocycles. The molecule has 0 bridgehead atoms. The first-order valence-electron chi connectivity index (χ1n) is 5.11. The third-order valence-corrected chi connectivity index (χ3v) is 2.64. The molecule has 0 aliphatic carbocycles. The van der Waals surface area contributed by atoms with Gasteiger partial charge in [-0.05, 0) is 12.1 Å². The molecule has 0 N–H and O–H groups in total. The Labute approximate surface area is 101 Å². The molecule has 0 unspecified atom stereocenters. The van der Waals surface area contributed by atoms with Crippen molar-refractivity contribution in [2.45, 2.75) is 19.4 Å². The Balaban J connectivity index is 2.58. The van der Waals surface area contributed by atoms with Gasteiger partial charge in [0.1, 0.15) is 11.3 Å². The quantitative estimate of drug-likeness (QED) is 0.774. The second-order valence-corrected chi connectivity index (χ2v) is 3.95. The van der Waals surface area contributed by atoms with Gasteiger partial charge in [0, 0.05) is 12.3 Å². The van der Waals surface area contributed by atoms with Gasteiger partial charge in [-0.3, -0.25) is 0 Å². The minimum atomic E-state index is -2.51. The molecule has 17 heavy (non-hydrogen) atoms. The molecule has 0 amide bonds. The van der Waals surface area contributed by atoms with E-state index in [9.17, 15) is 13.2 Å². The van der Waals surface area contributed by atoms with Crippen LogP contribution in [0.4, 0.5) is 13.2 Å². The van der Waals surface area contributed by atoms with Crippen molar-refractivity contribution in [1.82, 2.24) is 9.55 Å². The summed E-state index contributed by atoms with van der Waals surface area (Å²) in [7, 11) is 0. The van der Waals surface area contributed by atoms with Crippen LogP contribution in [0.25, 0.3) is 11.0 Å². The molecule has 1 heterocycles. The van der Waals surface area contributed by atoms with Gasteiger partial charge in [0.05, 0.1) is 12.1 Å². The number of imidazole rings is 1. The maximum Gasteiger partial charge on any atom is 0.256 e. The Morgan fingerprint density at radius 1 is 1.35 bits per heavy atom. The molecular weight excluding hydrogens is 253 g/mol. The summed E-state index contributed by atoms with van der Waals surface area (Å²) in [5.74, 6) is 0.139. The van der Waals surface area contributed by atoms with Crippen LogP contribution in [0.2, 0.25) is 0 Å². The van der Waals surface area contributed by atoms with Gasteiger partial charge >= 0.3 is 0 Å². The summed E-state index contributed by atoms with van der Waals surface area (Å²) >= 11 is 5.58. The lowest BCUT2D eigenvalue weighted by Gasteiger charge is -2.07. The molecule has 0 saturated carbocycles. The third kappa shape index (κ3) is 2.39. The highest BCUT2D eigenvalue weighted by molar-refractivity contribution is 6.17. The van der Waals surface area contributed by atoms with Gasteiger partial charge in [0.25, 0.3) is 6.43 Å². The molecule has 2 rings (SSSR count). The average molecular weight is 263 g/mol. The van der Waals surface area contributed by atoms with Gasteiger partial charge < -0.3 is 4.57 Å². The topological polar surface area (TPSA) is 17.8 Å². The fourth-order valence-corrected chi connectivity index (χ4v) is 1.95. The van der Waals surface area contributed by atoms with Gasteiger partial charge in [-0.25, -0.2) is 18.2 Å². The molecule has 0 atom stereocenters. The van der Waals surface area contributed by atoms with E-state index in [-0.39, 0.29) is 11.4 Å². The van der Waals surface area contributed by atoms with Crippen molar-refractivity contribution in [3.8, 4) is 0 Å². The monoisotopic (exact) mass is 262 g/mol. The number of benzene rings is 1. The highest BCUT2D eigenvalue weighted by Gasteiger charge is 2.16. The smallest absolute Gasteiger partial charge is 0.256 e. The van der Waals surface area contributed by atoms with E-state index in [1.165, 1.54) is 16.7 Å². The summed E-state index contributed by atoms with van der Waals surface area (Å²) in [6.45, 7) is -0.494. The Morgan fingerprint density at radius 2 is 2.12 bits per heavy atom. The van der Waals surface area contributed by atoms with Crippen molar-refractivity contribution >= 4 is 22.6 Å². The summed E-state index contributed by atoms with van der Waals surface area (Å²) < 4.78 is 39.7. The van der Waals surface area contributed by atoms with Crippen LogP contribution in [-0.4, -0.2) is 21.9 Å². The average Bonchev–Trinajstić information content (AvgIpc) is 2.59. The number of halogens is 4. The largest absolute Gasteiger partial charge is 0.322 e. The maximum atomic E-state index is 13.5. The molecular formula is C11H10ClF3N2. The van der Waals surface area contributed by atoms with Crippen molar-refractivity contribution in [2.24, 2.45) is 0 Å². The Kier molecular flexibility index (Phi) is 3.57. The van der Waals surface area contributed by atoms with Crippen molar-refractivity contribution < 1.29 is 13.2 Å². The first-order chi connectivity index (χ1) is 8.13. The van der Waals surface area contributed by atoms with Gasteiger partial charge in [0.2, 0.25) is 0 Å². The summed E-state index contributed by atoms with van der Waals surface area (Å²) in [6, 6.07) is 4.31. The fraction of sp³-hybridized carbons (Fsp3) is 0.364. The lowest BCUT2D eigenvalue weighted by atomic mass is 10.3. The van der Waals surface area contributed by atoms with E-state index in [0.29, 0.717) is 17.8 Å². The number of hydrogen-bond donors (Lipinski definition) is 0. The maximum absolute atomic E-state index is 13.5. The van der Waals surface area contributed by atoms with Crippen LogP contribution in [0.3, 0.4) is 0 Å². The van der Waals surface area contributed by atoms with Crippen LogP contribution in [0.1, 0.15) is 5.82 Å². The number of aromatic nitrogens is 2. The summed E-state index contributed by atoms with van der Waals surface area (Å²) in [4.78, 5) is 4.03. The molecule has 0 radical (unpaired) electrons. The van der Waals surface area contributed by atoms with E-state index in [2.05, 4.69) is 4.98 Å². The number of alkyl halides is 3. The number of aryl methyl sites for hydroxylation is 1. The van der Waals surface area contributed by atoms with Crippen molar-refractivity contribution in [3.63, 3.8) is 0 Å². The van der Waals surface area contributed by atoms with Crippen LogP contribution >= 0.6 is 11.6 Å². The van der Waals surface area contributed by atoms with Gasteiger partial charge in [-0.15, -0.1) is 11.6 Å². The minimum absolute atomic E-state index is 0.119. The molecule has 0 spiro atoms. The number of fused-ring (bicyclic) bond motifs is 1. The van der Waals surface area contributed by atoms with E-state index in [1.807, 2.05) is 0 Å². The molecule has 2 aromatic rings. The molecule has 6 heteroatoms. The summed E-state index contributed by atoms with van der Waals surface area (Å²) in [6.07, 6.45) is -2.17. The van der Waals surface area contributed by atoms with Gasteiger partial charge in [-0.2, -0.15) is 0 Å². The van der Waals surface area contributed by atoms with Crippen LogP contribution in [-0.2, 0) is 13.0 Å². The van der Waals surface area contributed by atoms with Gasteiger partial charge in [-0.1, -0.05) is 6.07 Å². The van der Waals surface area contributed by atoms with Crippen LogP contribution in [0.5, 0.6) is 0 Å². The SMILES string of the molecule is Fc1cccc2c1nc(CCCl)n2CC(F)F. The molecule has 92 valence electrons. The normalized spacial score (nSPS) is 11.6. The van der Waals surface area contributed by atoms with E-state index >= 15 is 0 Å². The van der Waals surface area contributed by atoms with Crippen LogP contribution in [0.15, 0.2) is 18.2 Å². The molecule has 1 aromatic carbocycles. The second-order valence-electron chi connectivity index (χ2n) is 3.58. The summed E-state index contributed by atoms with van der Waals surface area (Å²) in [5.41, 5.74) is 0.499. The number of hydrogen-bond acceptors (Lipinski definition) is 1. The van der Waals surface area contributed by atoms with E-state index in [1.54, 1.807) is 6.07 Å². The first kappa shape index (κ1) is 12.2. The zero-order chi connectivity index (χ0) is 12.4. The summed E-state index contributed by atoms with van der Waals surface area (Å²) in [5, 5.41) is 0. The standard InChI is InChI=1S/C11H10ClF3N2/c12-5-4-10-16-11-7(13)2-1-3-8(11)17(10)6-9(14)15/h1-3,9H,4-6H2. The van der Waals surface area contributed by atoms with Crippen LogP contribution < -0.4 is 0 Å². The minimum Gasteiger partial charge on any atom is -0.322 e. The first-order valence-corrected chi connectivity index (χ1v) is 5.64. The third-order valence-electron chi connectivity index (χ3n) is 2.45. The lowest BCUT2D eigenvalue weighted by molar-refractivity contribution is 0.127. The molecule has 0 aliphatic heterocycles. The van der Waals surface area contributed by atoms with Crippen molar-refractivity contribution in [2.75, 3.05) is 5.88 Å². The van der Waals surface area contributed by atoms with Crippen molar-refractivity contribution in [1.29, 1.82) is 0 Å². The second kappa shape index (κ2) is 4.96.